The number of benzene rings is 1. The van der Waals surface area contributed by atoms with Crippen LogP contribution in [0.2, 0.25) is 0 Å². The van der Waals surface area contributed by atoms with Gasteiger partial charge >= 0.3 is 0 Å². The molecule has 0 heterocycles. The van der Waals surface area contributed by atoms with Crippen molar-refractivity contribution in [3.05, 3.63) is 35.4 Å². The van der Waals surface area contributed by atoms with E-state index in [1.807, 2.05) is 24.3 Å². The summed E-state index contributed by atoms with van der Waals surface area (Å²) in [7, 11) is 0. The van der Waals surface area contributed by atoms with Crippen LogP contribution in [0.25, 0.3) is 0 Å². The lowest BCUT2D eigenvalue weighted by molar-refractivity contribution is 1.60. The summed E-state index contributed by atoms with van der Waals surface area (Å²) in [5, 5.41) is 4.82. The van der Waals surface area contributed by atoms with E-state index in [0.717, 1.165) is 11.1 Å². The summed E-state index contributed by atoms with van der Waals surface area (Å²) in [6, 6.07) is 7.52. The number of hydrogen-bond acceptors (Lipinski definition) is 2. The molecule has 0 aliphatic carbocycles. The summed E-state index contributed by atoms with van der Waals surface area (Å²) in [6.45, 7) is 0. The van der Waals surface area contributed by atoms with E-state index in [2.05, 4.69) is 71.3 Å². The maximum Gasteiger partial charge on any atom is 0.0256 e. The van der Waals surface area contributed by atoms with Crippen molar-refractivity contribution in [2.75, 3.05) is 0 Å². The topological polar surface area (TPSA) is 0 Å². The number of thiol groups is 2. The van der Waals surface area contributed by atoms with E-state index in [1.165, 1.54) is 0 Å². The highest BCUT2D eigenvalue weighted by atomic mass is 32.1. The highest BCUT2D eigenvalue weighted by molar-refractivity contribution is 7.85. The smallest absolute Gasteiger partial charge is 0.0256 e. The normalized spacial score (nSPS) is 6.62. The van der Waals surface area contributed by atoms with Gasteiger partial charge in [-0.05, 0) is 58.5 Å². The fourth-order valence-electron chi connectivity index (χ4n) is 0.900. The molecule has 0 saturated carbocycles. The molecule has 0 fully saturated rings. The van der Waals surface area contributed by atoms with E-state index in [-0.39, 0.29) is 0 Å². The van der Waals surface area contributed by atoms with Crippen molar-refractivity contribution in [2.45, 2.75) is 0 Å². The Labute approximate surface area is 107 Å². The molecule has 0 atom stereocenters. The van der Waals surface area contributed by atoms with Crippen molar-refractivity contribution >= 4 is 25.3 Å². The SMILES string of the molecule is SC#CC#Cc1ccc(C#CC#CS)cc1. The molecule has 1 rings (SSSR count). The van der Waals surface area contributed by atoms with Crippen LogP contribution < -0.4 is 0 Å². The molecule has 0 amide bonds. The maximum atomic E-state index is 3.73. The Balaban J connectivity index is 2.83. The predicted molar refractivity (Wildman–Crippen MR) is 73.7 cm³/mol. The largest absolute Gasteiger partial charge is 0.0912 e. The summed E-state index contributed by atoms with van der Waals surface area (Å²) in [5.74, 6) is 16.2. The summed E-state index contributed by atoms with van der Waals surface area (Å²) in [5.41, 5.74) is 1.78. The fraction of sp³-hybridized carbons (Fsp3) is 0. The molecule has 1 aromatic rings. The molecule has 0 aliphatic heterocycles. The average molecular weight is 238 g/mol. The second-order valence-electron chi connectivity index (χ2n) is 2.55. The molecule has 0 spiro atoms. The molecule has 0 nitrogen and oxygen atoms in total. The van der Waals surface area contributed by atoms with Crippen LogP contribution in [-0.2, 0) is 0 Å². The van der Waals surface area contributed by atoms with Crippen LogP contribution in [-0.4, -0.2) is 0 Å². The summed E-state index contributed by atoms with van der Waals surface area (Å²) in [6.07, 6.45) is 0. The molecule has 0 aliphatic rings. The first kappa shape index (κ1) is 12.2. The van der Waals surface area contributed by atoms with Gasteiger partial charge in [-0.1, -0.05) is 37.1 Å². The minimum Gasteiger partial charge on any atom is -0.0912 e. The Morgan fingerprint density at radius 3 is 1.31 bits per heavy atom. The predicted octanol–water partition coefficient (Wildman–Crippen LogP) is 2.17. The lowest BCUT2D eigenvalue weighted by Gasteiger charge is -1.89. The zero-order valence-corrected chi connectivity index (χ0v) is 9.99. The quantitative estimate of drug-likeness (QED) is 0.502. The van der Waals surface area contributed by atoms with Gasteiger partial charge in [-0.25, -0.2) is 0 Å². The van der Waals surface area contributed by atoms with Crippen LogP contribution in [0.1, 0.15) is 11.1 Å². The van der Waals surface area contributed by atoms with Crippen LogP contribution in [0.4, 0.5) is 0 Å². The third-order valence-corrected chi connectivity index (χ3v) is 1.76. The Hall–Kier alpha value is -1.84. The lowest BCUT2D eigenvalue weighted by Crippen LogP contribution is -1.76. The molecule has 0 saturated heterocycles. The van der Waals surface area contributed by atoms with Gasteiger partial charge in [0.05, 0.1) is 0 Å². The van der Waals surface area contributed by atoms with Crippen LogP contribution in [0, 0.1) is 46.0 Å². The second kappa shape index (κ2) is 7.45. The molecule has 74 valence electrons. The van der Waals surface area contributed by atoms with Crippen molar-refractivity contribution < 1.29 is 0 Å². The van der Waals surface area contributed by atoms with Crippen LogP contribution in [0.5, 0.6) is 0 Å². The van der Waals surface area contributed by atoms with Crippen molar-refractivity contribution in [3.63, 3.8) is 0 Å². The molecule has 0 bridgehead atoms. The Morgan fingerprint density at radius 2 is 1.00 bits per heavy atom. The highest BCUT2D eigenvalue weighted by Crippen LogP contribution is 2.01. The van der Waals surface area contributed by atoms with E-state index in [9.17, 15) is 0 Å². The summed E-state index contributed by atoms with van der Waals surface area (Å²) in [4.78, 5) is 0. The Kier molecular flexibility index (Phi) is 5.70. The first-order chi connectivity index (χ1) is 7.86. The van der Waals surface area contributed by atoms with Crippen molar-refractivity contribution in [2.24, 2.45) is 0 Å². The van der Waals surface area contributed by atoms with Gasteiger partial charge in [-0.2, -0.15) is 0 Å². The summed E-state index contributed by atoms with van der Waals surface area (Å²) < 4.78 is 0. The van der Waals surface area contributed by atoms with Gasteiger partial charge in [-0.15, -0.1) is 0 Å². The van der Waals surface area contributed by atoms with Crippen LogP contribution in [0.3, 0.4) is 0 Å². The van der Waals surface area contributed by atoms with Gasteiger partial charge in [0, 0.05) is 11.1 Å². The van der Waals surface area contributed by atoms with Crippen LogP contribution in [0.15, 0.2) is 24.3 Å². The van der Waals surface area contributed by atoms with Gasteiger partial charge in [0.2, 0.25) is 0 Å². The molecule has 0 N–H and O–H groups in total. The van der Waals surface area contributed by atoms with E-state index in [0.29, 0.717) is 0 Å². The molecule has 0 unspecified atom stereocenters. The monoisotopic (exact) mass is 238 g/mol. The lowest BCUT2D eigenvalue weighted by atomic mass is 10.1. The molecule has 0 radical (unpaired) electrons. The zero-order valence-electron chi connectivity index (χ0n) is 8.20. The zero-order chi connectivity index (χ0) is 11.6. The molecule has 2 heteroatoms. The fourth-order valence-corrected chi connectivity index (χ4v) is 1.01. The second-order valence-corrected chi connectivity index (χ2v) is 3.00. The van der Waals surface area contributed by atoms with Gasteiger partial charge in [0.1, 0.15) is 0 Å². The molecular weight excluding hydrogens is 232 g/mol. The van der Waals surface area contributed by atoms with Crippen LogP contribution >= 0.6 is 25.3 Å². The van der Waals surface area contributed by atoms with E-state index in [4.69, 9.17) is 0 Å². The summed E-state index contributed by atoms with van der Waals surface area (Å²) >= 11 is 7.46. The number of hydrogen-bond donors (Lipinski definition) is 2. The maximum absolute atomic E-state index is 3.73. The van der Waals surface area contributed by atoms with Gasteiger partial charge in [0.15, 0.2) is 0 Å². The van der Waals surface area contributed by atoms with Crippen molar-refractivity contribution in [3.8, 4) is 46.0 Å². The first-order valence-corrected chi connectivity index (χ1v) is 5.16. The van der Waals surface area contributed by atoms with Gasteiger partial charge < -0.3 is 0 Å². The molecule has 0 aromatic heterocycles. The molecule has 1 aromatic carbocycles. The molecule has 16 heavy (non-hydrogen) atoms. The van der Waals surface area contributed by atoms with Gasteiger partial charge in [0.25, 0.3) is 0 Å². The minimum absolute atomic E-state index is 0.891. The Bertz CT molecular complexity index is 537. The minimum atomic E-state index is 0.891. The molecular formula is C14H6S2. The van der Waals surface area contributed by atoms with E-state index in [1.54, 1.807) is 0 Å². The van der Waals surface area contributed by atoms with E-state index < -0.39 is 0 Å². The standard InChI is InChI=1S/C14H6S2/c15-11-3-1-5-13-7-9-14(10-8-13)6-2-4-12-16/h7-10,15-16H. The van der Waals surface area contributed by atoms with Crippen molar-refractivity contribution in [1.29, 1.82) is 0 Å². The first-order valence-electron chi connectivity index (χ1n) is 4.27. The average Bonchev–Trinajstić information content (AvgIpc) is 2.32. The third-order valence-electron chi connectivity index (χ3n) is 1.54. The van der Waals surface area contributed by atoms with Crippen molar-refractivity contribution in [1.82, 2.24) is 0 Å². The number of rotatable bonds is 0. The van der Waals surface area contributed by atoms with E-state index >= 15 is 0 Å². The third kappa shape index (κ3) is 4.59. The Morgan fingerprint density at radius 1 is 0.625 bits per heavy atom. The highest BCUT2D eigenvalue weighted by Gasteiger charge is 1.87. The van der Waals surface area contributed by atoms with Gasteiger partial charge in [-0.3, -0.25) is 0 Å².